The Morgan fingerprint density at radius 2 is 1.95 bits per heavy atom. The third kappa shape index (κ3) is 5.15. The predicted molar refractivity (Wildman–Crippen MR) is 144 cm³/mol. The maximum atomic E-state index is 12.9. The Kier molecular flexibility index (Phi) is 7.75. The maximum absolute atomic E-state index is 12.9. The smallest absolute Gasteiger partial charge is 0.338 e. The SMILES string of the molecule is CCOC(=O)C1=CN2C(=CC1OCC)c1cc(OC)c(-c3cnc(C(=O)NC)s3)cc1CC2C(C)(C)C. The van der Waals surface area contributed by atoms with E-state index < -0.39 is 6.10 Å². The van der Waals surface area contributed by atoms with Crippen molar-refractivity contribution in [3.05, 3.63) is 52.3 Å². The first kappa shape index (κ1) is 26.9. The van der Waals surface area contributed by atoms with Gasteiger partial charge in [0, 0.05) is 48.9 Å². The maximum Gasteiger partial charge on any atom is 0.338 e. The van der Waals surface area contributed by atoms with Crippen molar-refractivity contribution in [1.82, 2.24) is 15.2 Å². The summed E-state index contributed by atoms with van der Waals surface area (Å²) in [6, 6.07) is 4.27. The fourth-order valence-electron chi connectivity index (χ4n) is 4.83. The van der Waals surface area contributed by atoms with Crippen LogP contribution in [0.3, 0.4) is 0 Å². The molecule has 0 bridgehead atoms. The number of hydrogen-bond donors (Lipinski definition) is 1. The third-order valence-electron chi connectivity index (χ3n) is 6.67. The zero-order valence-corrected chi connectivity index (χ0v) is 23.3. The van der Waals surface area contributed by atoms with Gasteiger partial charge in [-0.15, -0.1) is 11.3 Å². The molecule has 0 radical (unpaired) electrons. The first-order valence-electron chi connectivity index (χ1n) is 12.5. The van der Waals surface area contributed by atoms with Crippen LogP contribution in [-0.4, -0.2) is 61.3 Å². The minimum Gasteiger partial charge on any atom is -0.496 e. The summed E-state index contributed by atoms with van der Waals surface area (Å²) < 4.78 is 17.2. The molecule has 0 saturated heterocycles. The van der Waals surface area contributed by atoms with Crippen LogP contribution in [0.2, 0.25) is 0 Å². The van der Waals surface area contributed by atoms with Gasteiger partial charge < -0.3 is 24.4 Å². The number of carbonyl (C=O) groups excluding carboxylic acids is 2. The molecule has 2 aliphatic heterocycles. The predicted octanol–water partition coefficient (Wildman–Crippen LogP) is 4.66. The summed E-state index contributed by atoms with van der Waals surface area (Å²) in [4.78, 5) is 32.3. The van der Waals surface area contributed by atoms with Gasteiger partial charge in [-0.3, -0.25) is 4.79 Å². The van der Waals surface area contributed by atoms with Gasteiger partial charge in [-0.25, -0.2) is 9.78 Å². The summed E-state index contributed by atoms with van der Waals surface area (Å²) in [5.41, 5.74) is 4.48. The second-order valence-corrected chi connectivity index (χ2v) is 11.1. The van der Waals surface area contributed by atoms with Crippen molar-refractivity contribution in [2.45, 2.75) is 53.2 Å². The van der Waals surface area contributed by atoms with E-state index in [0.29, 0.717) is 29.5 Å². The minimum absolute atomic E-state index is 0.0855. The topological polar surface area (TPSA) is 90.0 Å². The molecule has 2 aliphatic rings. The van der Waals surface area contributed by atoms with Gasteiger partial charge in [-0.1, -0.05) is 20.8 Å². The van der Waals surface area contributed by atoms with Crippen LogP contribution in [0.5, 0.6) is 5.75 Å². The molecule has 2 atom stereocenters. The quantitative estimate of drug-likeness (QED) is 0.526. The molecule has 0 fully saturated rings. The van der Waals surface area contributed by atoms with Crippen molar-refractivity contribution in [1.29, 1.82) is 0 Å². The van der Waals surface area contributed by atoms with E-state index in [1.165, 1.54) is 11.3 Å². The summed E-state index contributed by atoms with van der Waals surface area (Å²) in [6.07, 6.45) is 5.90. The zero-order chi connectivity index (χ0) is 26.9. The van der Waals surface area contributed by atoms with Gasteiger partial charge in [-0.05, 0) is 49.5 Å². The van der Waals surface area contributed by atoms with Gasteiger partial charge in [0.2, 0.25) is 0 Å². The Balaban J connectivity index is 1.86. The minimum atomic E-state index is -0.510. The van der Waals surface area contributed by atoms with Crippen LogP contribution in [0.4, 0.5) is 0 Å². The first-order chi connectivity index (χ1) is 17.6. The number of fused-ring (bicyclic) bond motifs is 3. The molecule has 9 heteroatoms. The Morgan fingerprint density at radius 3 is 2.57 bits per heavy atom. The van der Waals surface area contributed by atoms with Gasteiger partial charge in [-0.2, -0.15) is 0 Å². The Hall–Kier alpha value is -3.17. The number of amides is 1. The molecule has 37 heavy (non-hydrogen) atoms. The molecule has 1 N–H and O–H groups in total. The molecule has 8 nitrogen and oxygen atoms in total. The molecular weight excluding hydrogens is 490 g/mol. The molecule has 0 aliphatic carbocycles. The fourth-order valence-corrected chi connectivity index (χ4v) is 5.72. The van der Waals surface area contributed by atoms with E-state index in [1.807, 2.05) is 25.3 Å². The standard InChI is InChI=1S/C28H35N3O5S/c1-8-35-22-13-20-17-12-21(34-7)18(23-14-30-26(37-23)25(32)29-6)10-16(17)11-24(28(3,4)5)31(20)15-19(22)27(33)36-9-2/h10,12-15,22,24H,8-9,11H2,1-7H3,(H,29,32). The Labute approximate surface area is 222 Å². The van der Waals surface area contributed by atoms with Crippen molar-refractivity contribution in [3.8, 4) is 16.2 Å². The average molecular weight is 526 g/mol. The molecule has 198 valence electrons. The number of aromatic nitrogens is 1. The number of methoxy groups -OCH3 is 1. The second-order valence-electron chi connectivity index (χ2n) is 10.0. The molecule has 4 rings (SSSR count). The van der Waals surface area contributed by atoms with E-state index in [9.17, 15) is 9.59 Å². The molecule has 1 aromatic heterocycles. The van der Waals surface area contributed by atoms with Crippen LogP contribution in [0.25, 0.3) is 16.1 Å². The number of nitrogens with zero attached hydrogens (tertiary/aromatic N) is 2. The molecule has 0 saturated carbocycles. The van der Waals surface area contributed by atoms with E-state index in [2.05, 4.69) is 42.0 Å². The number of hydrogen-bond acceptors (Lipinski definition) is 8. The Bertz CT molecular complexity index is 1260. The number of benzene rings is 1. The number of esters is 1. The van der Waals surface area contributed by atoms with E-state index in [4.69, 9.17) is 14.2 Å². The lowest BCUT2D eigenvalue weighted by Crippen LogP contribution is -2.47. The highest BCUT2D eigenvalue weighted by Crippen LogP contribution is 2.46. The number of carbonyl (C=O) groups is 2. The van der Waals surface area contributed by atoms with E-state index in [1.54, 1.807) is 27.3 Å². The summed E-state index contributed by atoms with van der Waals surface area (Å²) in [6.45, 7) is 11.1. The van der Waals surface area contributed by atoms with Gasteiger partial charge in [0.15, 0.2) is 5.01 Å². The third-order valence-corrected chi connectivity index (χ3v) is 7.70. The summed E-state index contributed by atoms with van der Waals surface area (Å²) in [7, 11) is 3.23. The lowest BCUT2D eigenvalue weighted by molar-refractivity contribution is -0.139. The van der Waals surface area contributed by atoms with Crippen molar-refractivity contribution in [2.75, 3.05) is 27.4 Å². The highest BCUT2D eigenvalue weighted by molar-refractivity contribution is 7.17. The van der Waals surface area contributed by atoms with Gasteiger partial charge in [0.1, 0.15) is 11.9 Å². The number of nitrogens with one attached hydrogen (secondary N) is 1. The largest absolute Gasteiger partial charge is 0.496 e. The highest BCUT2D eigenvalue weighted by Gasteiger charge is 2.40. The Morgan fingerprint density at radius 1 is 1.19 bits per heavy atom. The van der Waals surface area contributed by atoms with Gasteiger partial charge in [0.25, 0.3) is 5.91 Å². The lowest BCUT2D eigenvalue weighted by Gasteiger charge is -2.47. The van der Waals surface area contributed by atoms with Crippen LogP contribution in [-0.2, 0) is 20.7 Å². The number of rotatable bonds is 7. The lowest BCUT2D eigenvalue weighted by atomic mass is 9.76. The zero-order valence-electron chi connectivity index (χ0n) is 22.5. The van der Waals surface area contributed by atoms with E-state index >= 15 is 0 Å². The van der Waals surface area contributed by atoms with Crippen LogP contribution >= 0.6 is 11.3 Å². The number of ether oxygens (including phenoxy) is 3. The van der Waals surface area contributed by atoms with Gasteiger partial charge in [0.05, 0.1) is 24.2 Å². The highest BCUT2D eigenvalue weighted by atomic mass is 32.1. The number of thiazole rings is 1. The normalized spacial score (nSPS) is 18.8. The monoisotopic (exact) mass is 525 g/mol. The van der Waals surface area contributed by atoms with Crippen molar-refractivity contribution < 1.29 is 23.8 Å². The second kappa shape index (κ2) is 10.7. The summed E-state index contributed by atoms with van der Waals surface area (Å²) in [5, 5.41) is 3.03. The molecule has 0 spiro atoms. The molecule has 1 amide bonds. The van der Waals surface area contributed by atoms with E-state index in [-0.39, 0.29) is 23.3 Å². The fraction of sp³-hybridized carbons (Fsp3) is 0.464. The summed E-state index contributed by atoms with van der Waals surface area (Å²) in [5.74, 6) is 0.115. The van der Waals surface area contributed by atoms with E-state index in [0.717, 1.165) is 33.7 Å². The summed E-state index contributed by atoms with van der Waals surface area (Å²) >= 11 is 1.33. The van der Waals surface area contributed by atoms with Crippen molar-refractivity contribution >= 4 is 28.9 Å². The molecule has 3 heterocycles. The van der Waals surface area contributed by atoms with Crippen LogP contribution < -0.4 is 10.1 Å². The van der Waals surface area contributed by atoms with Crippen molar-refractivity contribution in [3.63, 3.8) is 0 Å². The molecule has 2 aromatic rings. The van der Waals surface area contributed by atoms with Gasteiger partial charge >= 0.3 is 5.97 Å². The molecular formula is C28H35N3O5S. The average Bonchev–Trinajstić information content (AvgIpc) is 3.36. The van der Waals surface area contributed by atoms with Crippen LogP contribution in [0.1, 0.15) is 55.5 Å². The molecule has 2 unspecified atom stereocenters. The van der Waals surface area contributed by atoms with Crippen LogP contribution in [0, 0.1) is 5.41 Å². The van der Waals surface area contributed by atoms with Crippen molar-refractivity contribution in [2.24, 2.45) is 5.41 Å². The molecule has 1 aromatic carbocycles. The first-order valence-corrected chi connectivity index (χ1v) is 13.3. The van der Waals surface area contributed by atoms with Crippen LogP contribution in [0.15, 0.2) is 36.2 Å².